The number of benzene rings is 1. The molecule has 0 bridgehead atoms. The highest BCUT2D eigenvalue weighted by Gasteiger charge is 2.28. The van der Waals surface area contributed by atoms with Crippen LogP contribution in [0.1, 0.15) is 46.1 Å². The van der Waals surface area contributed by atoms with Crippen LogP contribution in [0.4, 0.5) is 4.79 Å². The van der Waals surface area contributed by atoms with Crippen molar-refractivity contribution in [1.29, 1.82) is 0 Å². The zero-order valence-corrected chi connectivity index (χ0v) is 16.4. The molecule has 0 unspecified atom stereocenters. The van der Waals surface area contributed by atoms with Gasteiger partial charge in [-0.3, -0.25) is 4.79 Å². The van der Waals surface area contributed by atoms with Gasteiger partial charge >= 0.3 is 6.09 Å². The quantitative estimate of drug-likeness (QED) is 0.644. The van der Waals surface area contributed by atoms with Crippen molar-refractivity contribution < 1.29 is 24.2 Å². The van der Waals surface area contributed by atoms with Gasteiger partial charge in [-0.15, -0.1) is 0 Å². The van der Waals surface area contributed by atoms with Gasteiger partial charge in [0.1, 0.15) is 12.6 Å². The number of carboxylic acids is 1. The second-order valence-corrected chi connectivity index (χ2v) is 7.08. The Morgan fingerprint density at radius 1 is 1.07 bits per heavy atom. The van der Waals surface area contributed by atoms with Crippen LogP contribution in [0.15, 0.2) is 30.3 Å². The standard InChI is InChI=1S/C20H30N2O5/c1-5-14(4)17(18(23)21-16(19(24)25)11-13(2)3)22-20(26)27-12-15-9-7-6-8-10-15/h6-10,13-14,16-17H,5,11-12H2,1-4H3,(H,21,23)(H,22,26)(H,24,25)/p-1/t14-,16-,17-/m0/s1. The van der Waals surface area contributed by atoms with E-state index in [-0.39, 0.29) is 24.9 Å². The smallest absolute Gasteiger partial charge is 0.408 e. The average Bonchev–Trinajstić information content (AvgIpc) is 2.63. The van der Waals surface area contributed by atoms with E-state index in [0.717, 1.165) is 5.56 Å². The molecule has 0 aliphatic rings. The van der Waals surface area contributed by atoms with Crippen molar-refractivity contribution in [2.75, 3.05) is 0 Å². The highest BCUT2D eigenvalue weighted by atomic mass is 16.5. The SMILES string of the molecule is CC[C@H](C)[C@H](NC(=O)OCc1ccccc1)C(=O)N[C@@H](CC(C)C)C(=O)[O-]. The largest absolute Gasteiger partial charge is 0.548 e. The molecule has 1 aromatic rings. The number of nitrogens with one attached hydrogen (secondary N) is 2. The summed E-state index contributed by atoms with van der Waals surface area (Å²) in [6.07, 6.45) is 0.143. The van der Waals surface area contributed by atoms with Gasteiger partial charge in [0.05, 0.1) is 12.0 Å². The lowest BCUT2D eigenvalue weighted by Gasteiger charge is -2.27. The van der Waals surface area contributed by atoms with Crippen LogP contribution in [0.2, 0.25) is 0 Å². The Bertz CT molecular complexity index is 618. The summed E-state index contributed by atoms with van der Waals surface area (Å²) in [5.41, 5.74) is 0.825. The molecular formula is C20H29N2O5-. The summed E-state index contributed by atoms with van der Waals surface area (Å²) in [7, 11) is 0. The van der Waals surface area contributed by atoms with E-state index in [2.05, 4.69) is 10.6 Å². The molecule has 7 nitrogen and oxygen atoms in total. The van der Waals surface area contributed by atoms with E-state index in [4.69, 9.17) is 4.74 Å². The van der Waals surface area contributed by atoms with Gasteiger partial charge in [-0.25, -0.2) is 4.79 Å². The fourth-order valence-electron chi connectivity index (χ4n) is 2.54. The van der Waals surface area contributed by atoms with Crippen LogP contribution < -0.4 is 15.7 Å². The number of carbonyl (C=O) groups is 3. The normalized spacial score (nSPS) is 14.1. The van der Waals surface area contributed by atoms with E-state index in [1.54, 1.807) is 6.92 Å². The first-order chi connectivity index (χ1) is 12.7. The van der Waals surface area contributed by atoms with Crippen LogP contribution >= 0.6 is 0 Å². The molecule has 1 aromatic carbocycles. The molecule has 27 heavy (non-hydrogen) atoms. The third-order valence-corrected chi connectivity index (χ3v) is 4.29. The number of hydrogen-bond acceptors (Lipinski definition) is 5. The molecule has 0 aliphatic carbocycles. The Morgan fingerprint density at radius 2 is 1.70 bits per heavy atom. The molecule has 0 saturated carbocycles. The van der Waals surface area contributed by atoms with Gasteiger partial charge in [-0.05, 0) is 23.8 Å². The van der Waals surface area contributed by atoms with Crippen molar-refractivity contribution in [3.8, 4) is 0 Å². The lowest BCUT2D eigenvalue weighted by atomic mass is 9.97. The second-order valence-electron chi connectivity index (χ2n) is 7.08. The highest BCUT2D eigenvalue weighted by Crippen LogP contribution is 2.11. The predicted octanol–water partition coefficient (Wildman–Crippen LogP) is 1.61. The lowest BCUT2D eigenvalue weighted by molar-refractivity contribution is -0.308. The van der Waals surface area contributed by atoms with Gasteiger partial charge in [0.25, 0.3) is 0 Å². The van der Waals surface area contributed by atoms with Crippen molar-refractivity contribution in [1.82, 2.24) is 10.6 Å². The first kappa shape index (κ1) is 22.5. The van der Waals surface area contributed by atoms with Gasteiger partial charge in [0.15, 0.2) is 0 Å². The zero-order valence-electron chi connectivity index (χ0n) is 16.4. The molecule has 150 valence electrons. The first-order valence-electron chi connectivity index (χ1n) is 9.23. The number of ether oxygens (including phenoxy) is 1. The van der Waals surface area contributed by atoms with Crippen LogP contribution in [-0.4, -0.2) is 30.1 Å². The van der Waals surface area contributed by atoms with Crippen LogP contribution in [0.3, 0.4) is 0 Å². The minimum Gasteiger partial charge on any atom is -0.548 e. The minimum atomic E-state index is -1.34. The molecule has 0 saturated heterocycles. The van der Waals surface area contributed by atoms with E-state index < -0.39 is 30.1 Å². The summed E-state index contributed by atoms with van der Waals surface area (Å²) in [4.78, 5) is 36.0. The molecule has 0 aliphatic heterocycles. The zero-order chi connectivity index (χ0) is 20.4. The van der Waals surface area contributed by atoms with Crippen molar-refractivity contribution in [3.05, 3.63) is 35.9 Å². The number of aliphatic carboxylic acids is 1. The Labute approximate surface area is 160 Å². The summed E-state index contributed by atoms with van der Waals surface area (Å²) in [5, 5.41) is 16.3. The topological polar surface area (TPSA) is 108 Å². The number of hydrogen-bond donors (Lipinski definition) is 2. The third kappa shape index (κ3) is 8.11. The van der Waals surface area contributed by atoms with Crippen molar-refractivity contribution >= 4 is 18.0 Å². The van der Waals surface area contributed by atoms with Gasteiger partial charge in [-0.1, -0.05) is 64.4 Å². The molecule has 0 aromatic heterocycles. The molecule has 0 heterocycles. The summed E-state index contributed by atoms with van der Waals surface area (Å²) in [5.74, 6) is -2.03. The van der Waals surface area contributed by atoms with Crippen LogP contribution in [0.5, 0.6) is 0 Å². The van der Waals surface area contributed by atoms with Gasteiger partial charge < -0.3 is 25.3 Å². The number of rotatable bonds is 10. The fourth-order valence-corrected chi connectivity index (χ4v) is 2.54. The molecule has 1 rings (SSSR count). The molecule has 2 N–H and O–H groups in total. The van der Waals surface area contributed by atoms with Crippen molar-refractivity contribution in [2.45, 2.75) is 59.2 Å². The Balaban J connectivity index is 2.71. The second kappa shape index (κ2) is 11.2. The van der Waals surface area contributed by atoms with E-state index in [9.17, 15) is 19.5 Å². The summed E-state index contributed by atoms with van der Waals surface area (Å²) in [6, 6.07) is 7.17. The maximum Gasteiger partial charge on any atom is 0.408 e. The number of amides is 2. The molecule has 2 amide bonds. The lowest BCUT2D eigenvalue weighted by Crippen LogP contribution is -2.56. The number of carboxylic acid groups (broad SMARTS) is 1. The molecule has 7 heteroatoms. The van der Waals surface area contributed by atoms with E-state index in [1.165, 1.54) is 0 Å². The summed E-state index contributed by atoms with van der Waals surface area (Å²) >= 11 is 0. The van der Waals surface area contributed by atoms with E-state index in [0.29, 0.717) is 6.42 Å². The monoisotopic (exact) mass is 377 g/mol. The van der Waals surface area contributed by atoms with Gasteiger partial charge in [0.2, 0.25) is 5.91 Å². The maximum atomic E-state index is 12.6. The van der Waals surface area contributed by atoms with Crippen molar-refractivity contribution in [3.63, 3.8) is 0 Å². The van der Waals surface area contributed by atoms with E-state index >= 15 is 0 Å². The Kier molecular flexibility index (Phi) is 9.33. The minimum absolute atomic E-state index is 0.0686. The van der Waals surface area contributed by atoms with Gasteiger partial charge in [0, 0.05) is 0 Å². The average molecular weight is 377 g/mol. The van der Waals surface area contributed by atoms with Crippen LogP contribution in [0, 0.1) is 11.8 Å². The number of alkyl carbamates (subject to hydrolysis) is 1. The van der Waals surface area contributed by atoms with Crippen LogP contribution in [0.25, 0.3) is 0 Å². The first-order valence-corrected chi connectivity index (χ1v) is 9.23. The Morgan fingerprint density at radius 3 is 2.22 bits per heavy atom. The van der Waals surface area contributed by atoms with E-state index in [1.807, 2.05) is 51.1 Å². The molecular weight excluding hydrogens is 348 g/mol. The molecule has 0 fully saturated rings. The Hall–Kier alpha value is -2.57. The van der Waals surface area contributed by atoms with Crippen molar-refractivity contribution in [2.24, 2.45) is 11.8 Å². The summed E-state index contributed by atoms with van der Waals surface area (Å²) in [6.45, 7) is 7.47. The fraction of sp³-hybridized carbons (Fsp3) is 0.550. The highest BCUT2D eigenvalue weighted by molar-refractivity contribution is 5.89. The third-order valence-electron chi connectivity index (χ3n) is 4.29. The number of carbonyl (C=O) groups excluding carboxylic acids is 3. The van der Waals surface area contributed by atoms with Gasteiger partial charge in [-0.2, -0.15) is 0 Å². The predicted molar refractivity (Wildman–Crippen MR) is 99.4 cm³/mol. The summed E-state index contributed by atoms with van der Waals surface area (Å²) < 4.78 is 5.16. The molecule has 3 atom stereocenters. The van der Waals surface area contributed by atoms with Crippen LogP contribution in [-0.2, 0) is 20.9 Å². The molecule has 0 spiro atoms. The maximum absolute atomic E-state index is 12.6. The molecule has 0 radical (unpaired) electrons.